The van der Waals surface area contributed by atoms with Crippen LogP contribution in [0.25, 0.3) is 5.69 Å². The second-order valence-electron chi connectivity index (χ2n) is 3.48. The lowest BCUT2D eigenvalue weighted by atomic mass is 10.2. The molecule has 0 atom stereocenters. The summed E-state index contributed by atoms with van der Waals surface area (Å²) < 4.78 is 41.1. The maximum atomic E-state index is 13.5. The molecule has 5 heteroatoms. The molecule has 0 amide bonds. The molecular weight excluding hydrogens is 217 g/mol. The Morgan fingerprint density at radius 3 is 2.25 bits per heavy atom. The van der Waals surface area contributed by atoms with Crippen molar-refractivity contribution in [1.82, 2.24) is 9.55 Å². The van der Waals surface area contributed by atoms with Gasteiger partial charge in [-0.25, -0.2) is 18.2 Å². The molecule has 1 aromatic heterocycles. The van der Waals surface area contributed by atoms with Gasteiger partial charge in [0.1, 0.15) is 11.5 Å². The number of imidazole rings is 1. The number of benzene rings is 1. The minimum absolute atomic E-state index is 0.432. The summed E-state index contributed by atoms with van der Waals surface area (Å²) in [5.74, 6) is -3.11. The van der Waals surface area contributed by atoms with E-state index in [-0.39, 0.29) is 0 Å². The molecule has 0 aliphatic heterocycles. The van der Waals surface area contributed by atoms with Crippen molar-refractivity contribution in [3.05, 3.63) is 47.3 Å². The summed E-state index contributed by atoms with van der Waals surface area (Å²) in [7, 11) is 0. The minimum Gasteiger partial charge on any atom is -0.298 e. The molecule has 0 saturated heterocycles. The van der Waals surface area contributed by atoms with E-state index in [2.05, 4.69) is 4.98 Å². The van der Waals surface area contributed by atoms with Crippen molar-refractivity contribution in [3.8, 4) is 5.69 Å². The molecule has 0 spiro atoms. The van der Waals surface area contributed by atoms with E-state index in [1.807, 2.05) is 0 Å². The van der Waals surface area contributed by atoms with Crippen LogP contribution < -0.4 is 0 Å². The van der Waals surface area contributed by atoms with E-state index in [9.17, 15) is 13.2 Å². The molecule has 84 valence electrons. The zero-order valence-corrected chi connectivity index (χ0v) is 8.76. The highest BCUT2D eigenvalue weighted by Gasteiger charge is 2.17. The summed E-state index contributed by atoms with van der Waals surface area (Å²) in [6.45, 7) is 3.37. The van der Waals surface area contributed by atoms with E-state index in [1.165, 1.54) is 10.9 Å². The zero-order chi connectivity index (χ0) is 11.9. The standard InChI is InChI=1S/C11H9F3N2/c1-6-7(2)16(5-15-6)11-9(13)4-3-8(12)10(11)14/h3-5H,1-2H3. The third-order valence-corrected chi connectivity index (χ3v) is 2.51. The Bertz CT molecular complexity index is 546. The van der Waals surface area contributed by atoms with Gasteiger partial charge < -0.3 is 0 Å². The Balaban J connectivity index is 2.73. The second-order valence-corrected chi connectivity index (χ2v) is 3.48. The van der Waals surface area contributed by atoms with Crippen LogP contribution >= 0.6 is 0 Å². The van der Waals surface area contributed by atoms with E-state index in [4.69, 9.17) is 0 Å². The van der Waals surface area contributed by atoms with E-state index in [1.54, 1.807) is 13.8 Å². The molecule has 1 heterocycles. The van der Waals surface area contributed by atoms with Crippen molar-refractivity contribution < 1.29 is 13.2 Å². The second kappa shape index (κ2) is 3.66. The van der Waals surface area contributed by atoms with Crippen LogP contribution in [0.15, 0.2) is 18.5 Å². The Labute approximate surface area is 90.4 Å². The lowest BCUT2D eigenvalue weighted by Crippen LogP contribution is -2.04. The summed E-state index contributed by atoms with van der Waals surface area (Å²) in [5, 5.41) is 0. The molecule has 0 aliphatic rings. The van der Waals surface area contributed by atoms with Crippen molar-refractivity contribution in [2.45, 2.75) is 13.8 Å². The highest BCUT2D eigenvalue weighted by Crippen LogP contribution is 2.22. The number of hydrogen-bond donors (Lipinski definition) is 0. The monoisotopic (exact) mass is 226 g/mol. The van der Waals surface area contributed by atoms with Gasteiger partial charge in [-0.3, -0.25) is 4.57 Å². The lowest BCUT2D eigenvalue weighted by molar-refractivity contribution is 0.487. The van der Waals surface area contributed by atoms with Crippen LogP contribution in [0.4, 0.5) is 13.2 Å². The Morgan fingerprint density at radius 1 is 1.06 bits per heavy atom. The third-order valence-electron chi connectivity index (χ3n) is 2.51. The topological polar surface area (TPSA) is 17.8 Å². The van der Waals surface area contributed by atoms with Crippen LogP contribution in [0.3, 0.4) is 0 Å². The normalized spacial score (nSPS) is 10.8. The van der Waals surface area contributed by atoms with Crippen LogP contribution in [0.5, 0.6) is 0 Å². The Kier molecular flexibility index (Phi) is 2.46. The van der Waals surface area contributed by atoms with Gasteiger partial charge in [-0.15, -0.1) is 0 Å². The maximum Gasteiger partial charge on any atom is 0.185 e. The van der Waals surface area contributed by atoms with Crippen molar-refractivity contribution in [2.24, 2.45) is 0 Å². The molecule has 2 nitrogen and oxygen atoms in total. The minimum atomic E-state index is -1.21. The van der Waals surface area contributed by atoms with Gasteiger partial charge >= 0.3 is 0 Å². The average molecular weight is 226 g/mol. The number of nitrogens with zero attached hydrogens (tertiary/aromatic N) is 2. The molecule has 0 aliphatic carbocycles. The van der Waals surface area contributed by atoms with E-state index in [0.717, 1.165) is 12.1 Å². The van der Waals surface area contributed by atoms with Gasteiger partial charge in [0.05, 0.1) is 12.0 Å². The van der Waals surface area contributed by atoms with Crippen LogP contribution in [0, 0.1) is 31.3 Å². The van der Waals surface area contributed by atoms with Crippen molar-refractivity contribution in [1.29, 1.82) is 0 Å². The summed E-state index contributed by atoms with van der Waals surface area (Å²) >= 11 is 0. The first-order chi connectivity index (χ1) is 7.52. The Morgan fingerprint density at radius 2 is 1.69 bits per heavy atom. The molecule has 0 radical (unpaired) electrons. The average Bonchev–Trinajstić information content (AvgIpc) is 2.56. The molecule has 2 aromatic rings. The predicted octanol–water partition coefficient (Wildman–Crippen LogP) is 2.91. The third kappa shape index (κ3) is 1.48. The zero-order valence-electron chi connectivity index (χ0n) is 8.76. The molecule has 16 heavy (non-hydrogen) atoms. The number of halogens is 3. The van der Waals surface area contributed by atoms with Crippen molar-refractivity contribution >= 4 is 0 Å². The SMILES string of the molecule is Cc1ncn(-c2c(F)ccc(F)c2F)c1C. The largest absolute Gasteiger partial charge is 0.298 e. The van der Waals surface area contributed by atoms with Gasteiger partial charge in [-0.2, -0.15) is 0 Å². The fourth-order valence-electron chi connectivity index (χ4n) is 1.46. The lowest BCUT2D eigenvalue weighted by Gasteiger charge is -2.08. The fraction of sp³-hybridized carbons (Fsp3) is 0.182. The van der Waals surface area contributed by atoms with Gasteiger partial charge in [0.15, 0.2) is 11.6 Å². The smallest absolute Gasteiger partial charge is 0.185 e. The summed E-state index contributed by atoms with van der Waals surface area (Å²) in [6.07, 6.45) is 1.27. The van der Waals surface area contributed by atoms with Gasteiger partial charge in [0.25, 0.3) is 0 Å². The first-order valence-corrected chi connectivity index (χ1v) is 4.66. The summed E-state index contributed by atoms with van der Waals surface area (Å²) in [4.78, 5) is 3.91. The highest BCUT2D eigenvalue weighted by molar-refractivity contribution is 5.38. The summed E-state index contributed by atoms with van der Waals surface area (Å²) in [6, 6.07) is 1.65. The molecule has 1 aromatic carbocycles. The van der Waals surface area contributed by atoms with Crippen LogP contribution in [-0.4, -0.2) is 9.55 Å². The van der Waals surface area contributed by atoms with E-state index < -0.39 is 23.1 Å². The van der Waals surface area contributed by atoms with Crippen LogP contribution in [-0.2, 0) is 0 Å². The fourth-order valence-corrected chi connectivity index (χ4v) is 1.46. The molecule has 0 fully saturated rings. The van der Waals surface area contributed by atoms with Gasteiger partial charge in [0.2, 0.25) is 0 Å². The molecule has 2 rings (SSSR count). The summed E-state index contributed by atoms with van der Waals surface area (Å²) in [5.41, 5.74) is 0.782. The van der Waals surface area contributed by atoms with E-state index >= 15 is 0 Å². The highest BCUT2D eigenvalue weighted by atomic mass is 19.2. The molecule has 0 unspecified atom stereocenters. The maximum absolute atomic E-state index is 13.5. The molecule has 0 N–H and O–H groups in total. The van der Waals surface area contributed by atoms with Gasteiger partial charge in [0, 0.05) is 5.69 Å². The van der Waals surface area contributed by atoms with Crippen molar-refractivity contribution in [3.63, 3.8) is 0 Å². The Hall–Kier alpha value is -1.78. The quantitative estimate of drug-likeness (QED) is 0.683. The van der Waals surface area contributed by atoms with Crippen molar-refractivity contribution in [2.75, 3.05) is 0 Å². The predicted molar refractivity (Wildman–Crippen MR) is 52.9 cm³/mol. The van der Waals surface area contributed by atoms with Crippen LogP contribution in [0.2, 0.25) is 0 Å². The molecular formula is C11H9F3N2. The number of rotatable bonds is 1. The number of hydrogen-bond acceptors (Lipinski definition) is 1. The van der Waals surface area contributed by atoms with E-state index in [0.29, 0.717) is 11.4 Å². The number of aryl methyl sites for hydroxylation is 1. The molecule has 0 bridgehead atoms. The van der Waals surface area contributed by atoms with Gasteiger partial charge in [-0.05, 0) is 26.0 Å². The first kappa shape index (κ1) is 10.7. The van der Waals surface area contributed by atoms with Crippen LogP contribution in [0.1, 0.15) is 11.4 Å². The first-order valence-electron chi connectivity index (χ1n) is 4.66. The van der Waals surface area contributed by atoms with Gasteiger partial charge in [-0.1, -0.05) is 0 Å². The molecule has 0 saturated carbocycles. The number of aromatic nitrogens is 2.